The SMILES string of the molecule is Clc1ccc(-n2nnnc2C2(Nc3ccc4c(c3)OCCO4)CCCCC2)cc1. The number of aromatic nitrogens is 4. The van der Waals surface area contributed by atoms with Crippen molar-refractivity contribution >= 4 is 17.3 Å². The highest BCUT2D eigenvalue weighted by Gasteiger charge is 2.39. The monoisotopic (exact) mass is 411 g/mol. The Labute approximate surface area is 174 Å². The number of nitrogens with one attached hydrogen (secondary N) is 1. The molecule has 0 unspecified atom stereocenters. The molecule has 5 rings (SSSR count). The summed E-state index contributed by atoms with van der Waals surface area (Å²) in [5.41, 5.74) is 1.51. The summed E-state index contributed by atoms with van der Waals surface area (Å²) < 4.78 is 13.2. The van der Waals surface area contributed by atoms with Gasteiger partial charge in [0.25, 0.3) is 0 Å². The van der Waals surface area contributed by atoms with Crippen LogP contribution in [0.3, 0.4) is 0 Å². The lowest BCUT2D eigenvalue weighted by Gasteiger charge is -2.38. The number of rotatable bonds is 4. The Bertz CT molecular complexity index is 999. The van der Waals surface area contributed by atoms with Crippen LogP contribution in [0, 0.1) is 0 Å². The smallest absolute Gasteiger partial charge is 0.181 e. The average Bonchev–Trinajstić information content (AvgIpc) is 3.26. The van der Waals surface area contributed by atoms with Gasteiger partial charge in [-0.15, -0.1) is 5.10 Å². The van der Waals surface area contributed by atoms with Crippen LogP contribution in [0.25, 0.3) is 5.69 Å². The molecule has 1 aliphatic heterocycles. The maximum absolute atomic E-state index is 6.06. The van der Waals surface area contributed by atoms with Crippen molar-refractivity contribution in [2.45, 2.75) is 37.6 Å². The van der Waals surface area contributed by atoms with Crippen molar-refractivity contribution in [3.63, 3.8) is 0 Å². The molecular weight excluding hydrogens is 390 g/mol. The molecule has 2 aliphatic rings. The number of ether oxygens (including phenoxy) is 2. The molecule has 1 N–H and O–H groups in total. The summed E-state index contributed by atoms with van der Waals surface area (Å²) in [6.45, 7) is 1.15. The van der Waals surface area contributed by atoms with E-state index >= 15 is 0 Å². The quantitative estimate of drug-likeness (QED) is 0.687. The number of nitrogens with zero attached hydrogens (tertiary/aromatic N) is 4. The number of hydrogen-bond donors (Lipinski definition) is 1. The van der Waals surface area contributed by atoms with Crippen LogP contribution in [-0.2, 0) is 5.54 Å². The third-order valence-corrected chi connectivity index (χ3v) is 5.85. The van der Waals surface area contributed by atoms with Gasteiger partial charge in [0.15, 0.2) is 17.3 Å². The lowest BCUT2D eigenvalue weighted by Crippen LogP contribution is -2.40. The number of halogens is 1. The van der Waals surface area contributed by atoms with E-state index in [-0.39, 0.29) is 5.54 Å². The minimum Gasteiger partial charge on any atom is -0.486 e. The third-order valence-electron chi connectivity index (χ3n) is 5.60. The topological polar surface area (TPSA) is 74.1 Å². The van der Waals surface area contributed by atoms with Gasteiger partial charge >= 0.3 is 0 Å². The molecule has 0 spiro atoms. The van der Waals surface area contributed by atoms with Crippen molar-refractivity contribution in [3.8, 4) is 17.2 Å². The maximum atomic E-state index is 6.06. The molecule has 1 aliphatic carbocycles. The Morgan fingerprint density at radius 2 is 1.69 bits per heavy atom. The third kappa shape index (κ3) is 3.51. The first kappa shape index (κ1) is 18.2. The maximum Gasteiger partial charge on any atom is 0.181 e. The fourth-order valence-electron chi connectivity index (χ4n) is 4.20. The summed E-state index contributed by atoms with van der Waals surface area (Å²) in [6.07, 6.45) is 5.36. The van der Waals surface area contributed by atoms with Crippen molar-refractivity contribution in [2.75, 3.05) is 18.5 Å². The van der Waals surface area contributed by atoms with E-state index in [1.54, 1.807) is 0 Å². The average molecular weight is 412 g/mol. The van der Waals surface area contributed by atoms with Crippen molar-refractivity contribution in [3.05, 3.63) is 53.3 Å². The number of hydrogen-bond acceptors (Lipinski definition) is 6. The number of benzene rings is 2. The molecule has 0 bridgehead atoms. The molecule has 7 nitrogen and oxygen atoms in total. The molecule has 29 heavy (non-hydrogen) atoms. The largest absolute Gasteiger partial charge is 0.486 e. The zero-order chi connectivity index (χ0) is 19.7. The molecule has 1 fully saturated rings. The van der Waals surface area contributed by atoms with Gasteiger partial charge in [-0.25, -0.2) is 0 Å². The molecule has 3 aromatic rings. The number of fused-ring (bicyclic) bond motifs is 1. The lowest BCUT2D eigenvalue weighted by molar-refractivity contribution is 0.171. The molecule has 8 heteroatoms. The summed E-state index contributed by atoms with van der Waals surface area (Å²) in [4.78, 5) is 0. The van der Waals surface area contributed by atoms with E-state index in [1.165, 1.54) is 6.42 Å². The van der Waals surface area contributed by atoms with Crippen molar-refractivity contribution in [1.82, 2.24) is 20.2 Å². The van der Waals surface area contributed by atoms with Crippen LogP contribution in [-0.4, -0.2) is 33.4 Å². The van der Waals surface area contributed by atoms with E-state index in [2.05, 4.69) is 20.8 Å². The summed E-state index contributed by atoms with van der Waals surface area (Å²) in [5, 5.41) is 17.1. The van der Waals surface area contributed by atoms with Gasteiger partial charge in [0, 0.05) is 16.8 Å². The summed E-state index contributed by atoms with van der Waals surface area (Å²) in [5.74, 6) is 2.37. The number of tetrazole rings is 1. The molecule has 1 saturated carbocycles. The highest BCUT2D eigenvalue weighted by atomic mass is 35.5. The van der Waals surface area contributed by atoms with Gasteiger partial charge in [0.1, 0.15) is 13.2 Å². The molecule has 1 aromatic heterocycles. The van der Waals surface area contributed by atoms with Crippen LogP contribution in [0.1, 0.15) is 37.9 Å². The fourth-order valence-corrected chi connectivity index (χ4v) is 4.32. The highest BCUT2D eigenvalue weighted by molar-refractivity contribution is 6.30. The second-order valence-electron chi connectivity index (χ2n) is 7.52. The Morgan fingerprint density at radius 1 is 0.931 bits per heavy atom. The minimum absolute atomic E-state index is 0.356. The normalized spacial score (nSPS) is 17.7. The molecule has 0 atom stereocenters. The van der Waals surface area contributed by atoms with Crippen LogP contribution in [0.2, 0.25) is 5.02 Å². The molecule has 0 radical (unpaired) electrons. The predicted molar refractivity (Wildman–Crippen MR) is 110 cm³/mol. The van der Waals surface area contributed by atoms with Crippen molar-refractivity contribution in [1.29, 1.82) is 0 Å². The van der Waals surface area contributed by atoms with E-state index in [0.29, 0.717) is 18.2 Å². The Hall–Kier alpha value is -2.80. The van der Waals surface area contributed by atoms with E-state index in [0.717, 1.165) is 54.4 Å². The Morgan fingerprint density at radius 3 is 2.48 bits per heavy atom. The first-order valence-electron chi connectivity index (χ1n) is 9.96. The molecule has 0 saturated heterocycles. The Kier molecular flexibility index (Phi) is 4.75. The van der Waals surface area contributed by atoms with Crippen LogP contribution < -0.4 is 14.8 Å². The van der Waals surface area contributed by atoms with Gasteiger partial charge in [-0.05, 0) is 59.7 Å². The van der Waals surface area contributed by atoms with Gasteiger partial charge in [-0.2, -0.15) is 4.68 Å². The second-order valence-corrected chi connectivity index (χ2v) is 7.95. The van der Waals surface area contributed by atoms with Gasteiger partial charge in [-0.3, -0.25) is 0 Å². The first-order chi connectivity index (χ1) is 14.2. The van der Waals surface area contributed by atoms with Gasteiger partial charge in [0.2, 0.25) is 0 Å². The summed E-state index contributed by atoms with van der Waals surface area (Å²) in [7, 11) is 0. The molecule has 150 valence electrons. The van der Waals surface area contributed by atoms with E-state index < -0.39 is 0 Å². The zero-order valence-corrected chi connectivity index (χ0v) is 16.7. The predicted octanol–water partition coefficient (Wildman–Crippen LogP) is 4.36. The first-order valence-corrected chi connectivity index (χ1v) is 10.3. The van der Waals surface area contributed by atoms with Gasteiger partial charge < -0.3 is 14.8 Å². The van der Waals surface area contributed by atoms with Crippen molar-refractivity contribution in [2.24, 2.45) is 0 Å². The van der Waals surface area contributed by atoms with Gasteiger partial charge in [0.05, 0.1) is 11.2 Å². The van der Waals surface area contributed by atoms with Crippen LogP contribution >= 0.6 is 11.6 Å². The highest BCUT2D eigenvalue weighted by Crippen LogP contribution is 2.41. The van der Waals surface area contributed by atoms with Crippen LogP contribution in [0.5, 0.6) is 11.5 Å². The lowest BCUT2D eigenvalue weighted by atomic mass is 9.80. The van der Waals surface area contributed by atoms with Crippen molar-refractivity contribution < 1.29 is 9.47 Å². The van der Waals surface area contributed by atoms with E-state index in [1.807, 2.05) is 47.1 Å². The van der Waals surface area contributed by atoms with Crippen LogP contribution in [0.15, 0.2) is 42.5 Å². The fraction of sp³-hybridized carbons (Fsp3) is 0.381. The molecule has 0 amide bonds. The standard InChI is InChI=1S/C21H22ClN5O2/c22-15-4-7-17(8-5-15)27-20(24-25-26-27)21(10-2-1-3-11-21)23-16-6-9-18-19(14-16)29-13-12-28-18/h4-9,14,23H,1-3,10-13H2. The second kappa shape index (κ2) is 7.55. The molecule has 2 heterocycles. The minimum atomic E-state index is -0.356. The van der Waals surface area contributed by atoms with E-state index in [4.69, 9.17) is 21.1 Å². The van der Waals surface area contributed by atoms with E-state index in [9.17, 15) is 0 Å². The number of anilines is 1. The summed E-state index contributed by atoms with van der Waals surface area (Å²) >= 11 is 6.06. The zero-order valence-electron chi connectivity index (χ0n) is 16.0. The summed E-state index contributed by atoms with van der Waals surface area (Å²) in [6, 6.07) is 13.6. The molecule has 2 aromatic carbocycles. The Balaban J connectivity index is 1.53. The van der Waals surface area contributed by atoms with Crippen LogP contribution in [0.4, 0.5) is 5.69 Å². The molecular formula is C21H22ClN5O2. The van der Waals surface area contributed by atoms with Gasteiger partial charge in [-0.1, -0.05) is 30.9 Å².